The maximum atomic E-state index is 13.6. The number of nitro groups is 1. The molecule has 0 bridgehead atoms. The molecule has 66 heavy (non-hydrogen) atoms. The van der Waals surface area contributed by atoms with Crippen LogP contribution in [0.1, 0.15) is 49.3 Å². The minimum atomic E-state index is -1.71. The number of nitro benzene ring substituents is 1. The molecule has 17 heteroatoms. The van der Waals surface area contributed by atoms with Gasteiger partial charge in [-0.2, -0.15) is 4.98 Å². The number of aliphatic hydroxyl groups is 1. The highest BCUT2D eigenvalue weighted by Gasteiger charge is 2.50. The van der Waals surface area contributed by atoms with Crippen molar-refractivity contribution in [3.63, 3.8) is 0 Å². The molecule has 0 saturated carbocycles. The number of benzene rings is 5. The molecule has 0 radical (unpaired) electrons. The quantitative estimate of drug-likeness (QED) is 0.0320. The summed E-state index contributed by atoms with van der Waals surface area (Å²) in [6.45, 7) is 5.54. The number of carbonyl (C=O) groups excluding carboxylic acids is 2. The highest BCUT2D eigenvalue weighted by molar-refractivity contribution is 5.90. The molecule has 342 valence electrons. The van der Waals surface area contributed by atoms with Crippen molar-refractivity contribution in [1.29, 1.82) is 0 Å². The number of hydrogen-bond donors (Lipinski definition) is 2. The van der Waals surface area contributed by atoms with Gasteiger partial charge in [-0.15, -0.1) is 0 Å². The molecule has 6 aromatic rings. The van der Waals surface area contributed by atoms with E-state index < -0.39 is 52.8 Å². The van der Waals surface area contributed by atoms with Crippen molar-refractivity contribution in [3.05, 3.63) is 183 Å². The Labute approximate surface area is 379 Å². The molecule has 1 fully saturated rings. The molecular formula is C49H48N4O13. The molecule has 2 heterocycles. The lowest BCUT2D eigenvalue weighted by Crippen LogP contribution is -2.42. The fourth-order valence-corrected chi connectivity index (χ4v) is 7.43. The van der Waals surface area contributed by atoms with E-state index in [1.165, 1.54) is 24.4 Å². The Morgan fingerprint density at radius 3 is 1.86 bits per heavy atom. The van der Waals surface area contributed by atoms with Gasteiger partial charge in [0.1, 0.15) is 46.6 Å². The van der Waals surface area contributed by atoms with E-state index >= 15 is 0 Å². The van der Waals surface area contributed by atoms with Gasteiger partial charge < -0.3 is 43.6 Å². The monoisotopic (exact) mass is 900 g/mol. The molecule has 0 aliphatic carbocycles. The van der Waals surface area contributed by atoms with E-state index in [0.717, 1.165) is 22.3 Å². The van der Waals surface area contributed by atoms with Crippen LogP contribution in [0.15, 0.2) is 144 Å². The van der Waals surface area contributed by atoms with Gasteiger partial charge in [-0.1, -0.05) is 87.5 Å². The number of carbonyl (C=O) groups is 2. The van der Waals surface area contributed by atoms with Gasteiger partial charge >= 0.3 is 11.8 Å². The van der Waals surface area contributed by atoms with Gasteiger partial charge in [-0.3, -0.25) is 19.5 Å². The van der Waals surface area contributed by atoms with Crippen molar-refractivity contribution in [2.24, 2.45) is 0 Å². The Kier molecular flexibility index (Phi) is 14.1. The summed E-state index contributed by atoms with van der Waals surface area (Å²) in [7, 11) is 3.11. The fourth-order valence-electron chi connectivity index (χ4n) is 7.43. The molecule has 2 N–H and O–H groups in total. The van der Waals surface area contributed by atoms with Crippen molar-refractivity contribution in [2.45, 2.75) is 56.3 Å². The molecule has 0 spiro atoms. The number of hydrogen-bond acceptors (Lipinski definition) is 14. The van der Waals surface area contributed by atoms with Crippen LogP contribution in [0.4, 0.5) is 16.3 Å². The minimum Gasteiger partial charge on any atom is -0.497 e. The van der Waals surface area contributed by atoms with E-state index in [0.29, 0.717) is 33.9 Å². The maximum Gasteiger partial charge on any atom is 0.514 e. The lowest BCUT2D eigenvalue weighted by Gasteiger charge is -2.37. The minimum absolute atomic E-state index is 0.0586. The van der Waals surface area contributed by atoms with Gasteiger partial charge in [0.2, 0.25) is 0 Å². The SMILES string of the molecule is COc1ccc(C(OC[C@H]2O[C@@H](n3ccc(NC(=O)COc4ccc(C(C)(C)C)cc4)nc3=O)[C@H](O)[C@@H]2OC(=O)Oc2ccc([N+](=O)[O-])cc2)(c2ccccc2)c2ccc(OC)cc2)cc1. The van der Waals surface area contributed by atoms with Crippen LogP contribution in [0.3, 0.4) is 0 Å². The second-order valence-electron chi connectivity index (χ2n) is 16.2. The first-order valence-corrected chi connectivity index (χ1v) is 20.8. The molecule has 0 unspecified atom stereocenters. The first-order valence-electron chi connectivity index (χ1n) is 20.8. The van der Waals surface area contributed by atoms with E-state index in [2.05, 4.69) is 31.1 Å². The Hall–Kier alpha value is -7.60. The molecule has 5 aromatic carbocycles. The van der Waals surface area contributed by atoms with Crippen LogP contribution in [0, 0.1) is 10.1 Å². The molecule has 17 nitrogen and oxygen atoms in total. The number of methoxy groups -OCH3 is 2. The Morgan fingerprint density at radius 2 is 1.32 bits per heavy atom. The van der Waals surface area contributed by atoms with Gasteiger partial charge in [0.15, 0.2) is 18.9 Å². The van der Waals surface area contributed by atoms with Crippen molar-refractivity contribution in [1.82, 2.24) is 9.55 Å². The first kappa shape index (κ1) is 46.4. The van der Waals surface area contributed by atoms with Gasteiger partial charge in [-0.25, -0.2) is 9.59 Å². The molecule has 1 aromatic heterocycles. The maximum absolute atomic E-state index is 13.6. The van der Waals surface area contributed by atoms with Crippen LogP contribution in [0.2, 0.25) is 0 Å². The van der Waals surface area contributed by atoms with Crippen LogP contribution in [-0.4, -0.2) is 77.4 Å². The normalized spacial score (nSPS) is 17.1. The molecule has 1 aliphatic rings. The summed E-state index contributed by atoms with van der Waals surface area (Å²) in [6, 6.07) is 37.3. The number of anilines is 1. The second kappa shape index (κ2) is 20.1. The van der Waals surface area contributed by atoms with Crippen LogP contribution in [-0.2, 0) is 30.0 Å². The van der Waals surface area contributed by atoms with Crippen LogP contribution < -0.4 is 30.0 Å². The zero-order valence-electron chi connectivity index (χ0n) is 36.7. The van der Waals surface area contributed by atoms with E-state index in [1.807, 2.05) is 66.7 Å². The number of nitrogens with one attached hydrogen (secondary N) is 1. The topological polar surface area (TPSA) is 209 Å². The molecule has 1 amide bonds. The number of aliphatic hydroxyl groups excluding tert-OH is 1. The Bertz CT molecular complexity index is 2620. The lowest BCUT2D eigenvalue weighted by molar-refractivity contribution is -0.384. The van der Waals surface area contributed by atoms with E-state index in [1.54, 1.807) is 50.6 Å². The van der Waals surface area contributed by atoms with Crippen molar-refractivity contribution >= 4 is 23.6 Å². The molecule has 7 rings (SSSR count). The zero-order chi connectivity index (χ0) is 47.0. The van der Waals surface area contributed by atoms with Crippen molar-refractivity contribution in [2.75, 3.05) is 32.8 Å². The fraction of sp³-hybridized carbons (Fsp3) is 0.265. The lowest BCUT2D eigenvalue weighted by atomic mass is 9.80. The number of amides is 1. The standard InChI is InChI=1S/C49H48N4O13/c1-48(2,3)31-11-23-38(24-12-31)62-30-42(54)50-41-27-28-52(46(56)51-41)45-43(55)44(66-47(57)64-39-25-17-35(18-26-39)53(58)59)40(65-45)29-63-49(32-9-7-6-8-10-32,33-13-19-36(60-4)20-14-33)34-15-21-37(61-5)22-16-34/h6-28,40,43-45,55H,29-30H2,1-5H3,(H,50,51,54,56)/t40-,43-,44-,45-/m1/s1. The van der Waals surface area contributed by atoms with Crippen LogP contribution >= 0.6 is 0 Å². The zero-order valence-corrected chi connectivity index (χ0v) is 36.7. The number of ether oxygens (including phenoxy) is 7. The average molecular weight is 901 g/mol. The second-order valence-corrected chi connectivity index (χ2v) is 16.2. The number of non-ortho nitro benzene ring substituents is 1. The van der Waals surface area contributed by atoms with Crippen molar-refractivity contribution < 1.29 is 52.8 Å². The number of rotatable bonds is 16. The molecule has 4 atom stereocenters. The summed E-state index contributed by atoms with van der Waals surface area (Å²) in [6.07, 6.45) is -6.01. The molecular weight excluding hydrogens is 853 g/mol. The van der Waals surface area contributed by atoms with Crippen LogP contribution in [0.25, 0.3) is 0 Å². The Balaban J connectivity index is 1.17. The predicted octanol–water partition coefficient (Wildman–Crippen LogP) is 7.33. The third kappa shape index (κ3) is 10.5. The highest BCUT2D eigenvalue weighted by atomic mass is 16.7. The summed E-state index contributed by atoms with van der Waals surface area (Å²) in [4.78, 5) is 54.4. The van der Waals surface area contributed by atoms with E-state index in [9.17, 15) is 29.6 Å². The van der Waals surface area contributed by atoms with E-state index in [4.69, 9.17) is 33.2 Å². The third-order valence-corrected chi connectivity index (χ3v) is 10.9. The first-order chi connectivity index (χ1) is 31.7. The number of aromatic nitrogens is 2. The largest absolute Gasteiger partial charge is 0.514 e. The summed E-state index contributed by atoms with van der Waals surface area (Å²) < 4.78 is 42.0. The van der Waals surface area contributed by atoms with Crippen LogP contribution in [0.5, 0.6) is 23.0 Å². The number of nitrogens with zero attached hydrogens (tertiary/aromatic N) is 3. The van der Waals surface area contributed by atoms with Crippen molar-refractivity contribution in [3.8, 4) is 23.0 Å². The summed E-state index contributed by atoms with van der Waals surface area (Å²) in [5.74, 6) is 0.930. The summed E-state index contributed by atoms with van der Waals surface area (Å²) >= 11 is 0. The summed E-state index contributed by atoms with van der Waals surface area (Å²) in [5, 5.41) is 25.6. The molecule has 1 aliphatic heterocycles. The smallest absolute Gasteiger partial charge is 0.497 e. The highest BCUT2D eigenvalue weighted by Crippen LogP contribution is 2.43. The van der Waals surface area contributed by atoms with Gasteiger partial charge in [0.25, 0.3) is 11.6 Å². The predicted molar refractivity (Wildman–Crippen MR) is 240 cm³/mol. The van der Waals surface area contributed by atoms with Gasteiger partial charge in [-0.05, 0) is 82.3 Å². The van der Waals surface area contributed by atoms with E-state index in [-0.39, 0.29) is 35.9 Å². The van der Waals surface area contributed by atoms with Gasteiger partial charge in [0.05, 0.1) is 25.7 Å². The average Bonchev–Trinajstić information content (AvgIpc) is 3.62. The summed E-state index contributed by atoms with van der Waals surface area (Å²) in [5.41, 5.74) is 0.572. The molecule has 1 saturated heterocycles. The van der Waals surface area contributed by atoms with Gasteiger partial charge in [0, 0.05) is 18.3 Å². The third-order valence-electron chi connectivity index (χ3n) is 10.9. The Morgan fingerprint density at radius 1 is 0.773 bits per heavy atom.